The lowest BCUT2D eigenvalue weighted by molar-refractivity contribution is -0.327. The first kappa shape index (κ1) is 20.1. The highest BCUT2D eigenvalue weighted by Crippen LogP contribution is 2.50. The molecule has 0 bridgehead atoms. The van der Waals surface area contributed by atoms with Crippen molar-refractivity contribution in [2.45, 2.75) is 19.8 Å². The summed E-state index contributed by atoms with van der Waals surface area (Å²) in [5.74, 6) is -2.63. The molecular formula is C21H18ClN4O3S+. The molecule has 0 radical (unpaired) electrons. The van der Waals surface area contributed by atoms with Crippen LogP contribution in [0.5, 0.6) is 0 Å². The van der Waals surface area contributed by atoms with Crippen molar-refractivity contribution >= 4 is 55.8 Å². The molecule has 0 saturated heterocycles. The lowest BCUT2D eigenvalue weighted by Gasteiger charge is -2.30. The maximum absolute atomic E-state index is 13.0. The summed E-state index contributed by atoms with van der Waals surface area (Å²) in [5.41, 5.74) is 9.18. The molecule has 7 nitrogen and oxygen atoms in total. The number of benzene rings is 1. The molecule has 152 valence electrons. The van der Waals surface area contributed by atoms with Gasteiger partial charge in [-0.05, 0) is 31.0 Å². The number of aromatic nitrogens is 1. The van der Waals surface area contributed by atoms with E-state index in [2.05, 4.69) is 16.4 Å². The maximum Gasteiger partial charge on any atom is 0.319 e. The minimum absolute atomic E-state index is 0.152. The van der Waals surface area contributed by atoms with Crippen LogP contribution in [0.25, 0.3) is 10.2 Å². The van der Waals surface area contributed by atoms with Crippen LogP contribution < -0.4 is 16.0 Å². The van der Waals surface area contributed by atoms with Gasteiger partial charge in [0.2, 0.25) is 5.91 Å². The van der Waals surface area contributed by atoms with Crippen molar-refractivity contribution in [3.8, 4) is 6.07 Å². The molecule has 1 amide bonds. The molecule has 4 rings (SSSR count). The van der Waals surface area contributed by atoms with Crippen LogP contribution in [0.1, 0.15) is 35.1 Å². The van der Waals surface area contributed by atoms with E-state index in [1.165, 1.54) is 11.3 Å². The summed E-state index contributed by atoms with van der Waals surface area (Å²) in [5, 5.41) is 13.3. The summed E-state index contributed by atoms with van der Waals surface area (Å²) in [6, 6.07) is 9.22. The number of carbonyl (C=O) groups is 2. The number of esters is 1. The van der Waals surface area contributed by atoms with Gasteiger partial charge in [0, 0.05) is 16.5 Å². The maximum atomic E-state index is 13.0. The standard InChI is InChI=1S/C21H17ClN4O3S/c1-3-29-21(28)15-13(10-6-4-5-7-12(10)22)14-16-17(30-20(14)26-19(15)27)9(2)11(8-23)18(24)25-16/h4-7,13,15H,3H2,1-2H3,(H2,24,25)(H,26,27)/p+1/t13-,15+/m1/s1. The number of ether oxygens (including phenoxy) is 1. The third kappa shape index (κ3) is 2.98. The average Bonchev–Trinajstić information content (AvgIpc) is 3.06. The number of thiophene rings is 1. The Morgan fingerprint density at radius 2 is 2.17 bits per heavy atom. The SMILES string of the molecule is CCOC(=O)[C@@H]1C(=O)Nc2sc3c(C)c(C#N)c(N)[nH+]c3c2[C@H]1c1ccccc1Cl. The van der Waals surface area contributed by atoms with Gasteiger partial charge in [-0.15, -0.1) is 11.3 Å². The number of nitrogens with zero attached hydrogens (tertiary/aromatic N) is 1. The van der Waals surface area contributed by atoms with Gasteiger partial charge in [0.1, 0.15) is 28.1 Å². The fraction of sp³-hybridized carbons (Fsp3) is 0.238. The number of aromatic amines is 1. The normalized spacial score (nSPS) is 17.9. The fourth-order valence-corrected chi connectivity index (χ4v) is 5.39. The average molecular weight is 442 g/mol. The molecule has 2 aromatic heterocycles. The molecule has 30 heavy (non-hydrogen) atoms. The van der Waals surface area contributed by atoms with Gasteiger partial charge in [0.15, 0.2) is 0 Å². The molecule has 2 atom stereocenters. The quantitative estimate of drug-likeness (QED) is 0.476. The number of aryl methyl sites for hydroxylation is 1. The summed E-state index contributed by atoms with van der Waals surface area (Å²) in [6.45, 7) is 3.65. The number of hydrogen-bond donors (Lipinski definition) is 2. The number of halogens is 1. The second kappa shape index (κ2) is 7.59. The van der Waals surface area contributed by atoms with Crippen molar-refractivity contribution < 1.29 is 19.3 Å². The highest BCUT2D eigenvalue weighted by atomic mass is 35.5. The zero-order valence-electron chi connectivity index (χ0n) is 16.2. The lowest BCUT2D eigenvalue weighted by Crippen LogP contribution is -2.40. The largest absolute Gasteiger partial charge is 0.465 e. The number of H-pyrrole nitrogens is 1. The van der Waals surface area contributed by atoms with Crippen molar-refractivity contribution in [1.29, 1.82) is 5.26 Å². The van der Waals surface area contributed by atoms with Crippen molar-refractivity contribution in [2.24, 2.45) is 5.92 Å². The number of rotatable bonds is 3. The molecular weight excluding hydrogens is 424 g/mol. The van der Waals surface area contributed by atoms with Crippen LogP contribution in [0.4, 0.5) is 10.8 Å². The van der Waals surface area contributed by atoms with Gasteiger partial charge in [-0.1, -0.05) is 29.8 Å². The molecule has 4 N–H and O–H groups in total. The Balaban J connectivity index is 2.06. The monoisotopic (exact) mass is 441 g/mol. The number of pyridine rings is 1. The zero-order chi connectivity index (χ0) is 21.6. The number of carbonyl (C=O) groups excluding carboxylic acids is 2. The molecule has 0 unspecified atom stereocenters. The molecule has 0 saturated carbocycles. The summed E-state index contributed by atoms with van der Waals surface area (Å²) in [6.07, 6.45) is 0. The molecule has 1 aromatic carbocycles. The number of nitrogen functional groups attached to an aromatic ring is 1. The van der Waals surface area contributed by atoms with Crippen molar-refractivity contribution in [3.05, 3.63) is 51.5 Å². The number of nitrogens with one attached hydrogen (secondary N) is 2. The number of fused-ring (bicyclic) bond motifs is 3. The third-order valence-corrected chi connectivity index (χ3v) is 6.83. The van der Waals surface area contributed by atoms with Crippen molar-refractivity contribution in [1.82, 2.24) is 0 Å². The number of nitriles is 1. The Hall–Kier alpha value is -3.15. The van der Waals surface area contributed by atoms with Crippen LogP contribution in [0, 0.1) is 24.2 Å². The van der Waals surface area contributed by atoms with E-state index in [1.807, 2.05) is 6.92 Å². The topological polar surface area (TPSA) is 119 Å². The van der Waals surface area contributed by atoms with E-state index in [-0.39, 0.29) is 12.4 Å². The Labute approximate surface area is 181 Å². The van der Waals surface area contributed by atoms with Crippen LogP contribution in [0.2, 0.25) is 5.02 Å². The van der Waals surface area contributed by atoms with Gasteiger partial charge in [-0.2, -0.15) is 5.26 Å². The highest BCUT2D eigenvalue weighted by Gasteiger charge is 2.46. The Morgan fingerprint density at radius 3 is 2.83 bits per heavy atom. The third-order valence-electron chi connectivity index (χ3n) is 5.25. The van der Waals surface area contributed by atoms with E-state index in [0.29, 0.717) is 37.8 Å². The number of nitrogens with two attached hydrogens (primary N) is 1. The zero-order valence-corrected chi connectivity index (χ0v) is 17.8. The smallest absolute Gasteiger partial charge is 0.319 e. The second-order valence-electron chi connectivity index (χ2n) is 6.92. The van der Waals surface area contributed by atoms with Gasteiger partial charge in [0.25, 0.3) is 5.82 Å². The van der Waals surface area contributed by atoms with E-state index in [0.717, 1.165) is 4.70 Å². The summed E-state index contributed by atoms with van der Waals surface area (Å²) >= 11 is 7.82. The van der Waals surface area contributed by atoms with Crippen LogP contribution in [0.15, 0.2) is 24.3 Å². The van der Waals surface area contributed by atoms with Crippen LogP contribution in [-0.2, 0) is 14.3 Å². The van der Waals surface area contributed by atoms with Gasteiger partial charge < -0.3 is 10.1 Å². The van der Waals surface area contributed by atoms with Gasteiger partial charge in [-0.25, -0.2) is 4.98 Å². The molecule has 0 aliphatic carbocycles. The summed E-state index contributed by atoms with van der Waals surface area (Å²) in [7, 11) is 0. The van der Waals surface area contributed by atoms with Gasteiger partial charge in [0.05, 0.1) is 11.3 Å². The molecule has 1 aliphatic rings. The van der Waals surface area contributed by atoms with Crippen molar-refractivity contribution in [2.75, 3.05) is 17.7 Å². The number of amides is 1. The Kier molecular flexibility index (Phi) is 5.10. The molecule has 3 heterocycles. The summed E-state index contributed by atoms with van der Waals surface area (Å²) < 4.78 is 6.00. The molecule has 3 aromatic rings. The minimum Gasteiger partial charge on any atom is -0.465 e. The minimum atomic E-state index is -1.11. The van der Waals surface area contributed by atoms with E-state index in [1.54, 1.807) is 31.2 Å². The molecule has 0 spiro atoms. The van der Waals surface area contributed by atoms with E-state index in [4.69, 9.17) is 22.1 Å². The van der Waals surface area contributed by atoms with E-state index in [9.17, 15) is 14.9 Å². The van der Waals surface area contributed by atoms with Crippen LogP contribution >= 0.6 is 22.9 Å². The molecule has 1 aliphatic heterocycles. The number of anilines is 2. The summed E-state index contributed by atoms with van der Waals surface area (Å²) in [4.78, 5) is 28.9. The van der Waals surface area contributed by atoms with E-state index < -0.39 is 23.7 Å². The Bertz CT molecular complexity index is 1250. The Morgan fingerprint density at radius 1 is 1.43 bits per heavy atom. The van der Waals surface area contributed by atoms with E-state index >= 15 is 0 Å². The first-order valence-corrected chi connectivity index (χ1v) is 10.5. The van der Waals surface area contributed by atoms with Crippen LogP contribution in [-0.4, -0.2) is 18.5 Å². The lowest BCUT2D eigenvalue weighted by atomic mass is 9.78. The second-order valence-corrected chi connectivity index (χ2v) is 8.35. The first-order valence-electron chi connectivity index (χ1n) is 9.28. The molecule has 0 fully saturated rings. The highest BCUT2D eigenvalue weighted by molar-refractivity contribution is 7.23. The van der Waals surface area contributed by atoms with Gasteiger partial charge in [-0.3, -0.25) is 15.3 Å². The van der Waals surface area contributed by atoms with Crippen LogP contribution in [0.3, 0.4) is 0 Å². The number of hydrogen-bond acceptors (Lipinski definition) is 6. The van der Waals surface area contributed by atoms with Crippen molar-refractivity contribution in [3.63, 3.8) is 0 Å². The fourth-order valence-electron chi connectivity index (χ4n) is 3.92. The van der Waals surface area contributed by atoms with Gasteiger partial charge >= 0.3 is 5.97 Å². The predicted octanol–water partition coefficient (Wildman–Crippen LogP) is 3.39. The first-order chi connectivity index (χ1) is 14.4. The predicted molar refractivity (Wildman–Crippen MR) is 114 cm³/mol. The molecule has 9 heteroatoms.